The molecule has 0 unspecified atom stereocenters. The van der Waals surface area contributed by atoms with Crippen molar-refractivity contribution in [1.29, 1.82) is 0 Å². The topological polar surface area (TPSA) is 46.8 Å². The van der Waals surface area contributed by atoms with Gasteiger partial charge in [0.15, 0.2) is 5.49 Å². The summed E-state index contributed by atoms with van der Waals surface area (Å²) in [6, 6.07) is 14.0. The second kappa shape index (κ2) is 9.63. The van der Waals surface area contributed by atoms with Crippen LogP contribution >= 0.6 is 0 Å². The van der Waals surface area contributed by atoms with Gasteiger partial charge in [0.2, 0.25) is 0 Å². The van der Waals surface area contributed by atoms with Crippen LogP contribution < -0.4 is 10.2 Å². The van der Waals surface area contributed by atoms with Gasteiger partial charge in [0, 0.05) is 19.2 Å². The van der Waals surface area contributed by atoms with E-state index < -0.39 is 0 Å². The lowest BCUT2D eigenvalue weighted by Crippen LogP contribution is -2.17. The van der Waals surface area contributed by atoms with Crippen molar-refractivity contribution in [3.63, 3.8) is 0 Å². The first-order chi connectivity index (χ1) is 13.2. The summed E-state index contributed by atoms with van der Waals surface area (Å²) < 4.78 is 6.85. The summed E-state index contributed by atoms with van der Waals surface area (Å²) in [6.45, 7) is 3.61. The third-order valence-corrected chi connectivity index (χ3v) is 5.94. The zero-order valence-electron chi connectivity index (χ0n) is 16.4. The van der Waals surface area contributed by atoms with E-state index in [9.17, 15) is 5.21 Å². The van der Waals surface area contributed by atoms with Gasteiger partial charge in [-0.05, 0) is 60.9 Å². The van der Waals surface area contributed by atoms with Gasteiger partial charge >= 0.3 is 0 Å². The molecule has 4 nitrogen and oxygen atoms in total. The summed E-state index contributed by atoms with van der Waals surface area (Å²) in [7, 11) is 0. The quantitative estimate of drug-likeness (QED) is 0.500. The maximum Gasteiger partial charge on any atom is 0.163 e. The number of ether oxygens (including phenoxy) is 1. The Morgan fingerprint density at radius 3 is 2.59 bits per heavy atom. The Kier molecular flexibility index (Phi) is 6.97. The Hall–Kier alpha value is -2.23. The molecule has 1 aliphatic carbocycles. The van der Waals surface area contributed by atoms with Crippen molar-refractivity contribution >= 4 is 0 Å². The second-order valence-corrected chi connectivity index (χ2v) is 7.69. The lowest BCUT2D eigenvalue weighted by Gasteiger charge is -2.27. The molecule has 0 spiro atoms. The summed E-state index contributed by atoms with van der Waals surface area (Å²) in [6.07, 6.45) is 11.8. The minimum Gasteiger partial charge on any atom is -0.494 e. The van der Waals surface area contributed by atoms with Gasteiger partial charge in [-0.25, -0.2) is 0 Å². The number of hydrogen-bond acceptors (Lipinski definition) is 3. The minimum absolute atomic E-state index is 0.564. The van der Waals surface area contributed by atoms with Crippen LogP contribution in [-0.2, 0) is 6.42 Å². The standard InChI is InChI=1S/C23H32N2O2/c1-2-23(14-4-5-15-23)16-13-20-9-11-21(12-10-20)27-19-7-17-24-22-8-3-6-18-25(22)26/h3,6,8-12,18,26H,2,4-5,7,13-17,19H2,1H3. The molecule has 2 aromatic rings. The van der Waals surface area contributed by atoms with Gasteiger partial charge < -0.3 is 9.94 Å². The van der Waals surface area contributed by atoms with Crippen LogP contribution in [0.4, 0.5) is 0 Å². The normalized spacial score (nSPS) is 16.6. The second-order valence-electron chi connectivity index (χ2n) is 7.69. The van der Waals surface area contributed by atoms with Gasteiger partial charge in [-0.1, -0.05) is 44.4 Å². The van der Waals surface area contributed by atoms with E-state index in [1.165, 1.54) is 50.5 Å². The van der Waals surface area contributed by atoms with Gasteiger partial charge in [0.1, 0.15) is 5.75 Å². The fourth-order valence-electron chi connectivity index (χ4n) is 4.07. The van der Waals surface area contributed by atoms with Crippen LogP contribution in [0, 0.1) is 5.41 Å². The van der Waals surface area contributed by atoms with Crippen molar-refractivity contribution in [3.8, 4) is 5.75 Å². The molecule has 1 aromatic carbocycles. The molecular formula is C23H32N2O2. The van der Waals surface area contributed by atoms with Crippen molar-refractivity contribution in [1.82, 2.24) is 4.73 Å². The molecule has 4 heteroatoms. The number of rotatable bonds is 9. The molecule has 1 aliphatic rings. The highest BCUT2D eigenvalue weighted by atomic mass is 16.5. The Morgan fingerprint density at radius 1 is 1.11 bits per heavy atom. The number of hydrogen-bond donors (Lipinski definition) is 1. The molecule has 1 heterocycles. The van der Waals surface area contributed by atoms with E-state index in [1.54, 1.807) is 18.3 Å². The first-order valence-corrected chi connectivity index (χ1v) is 10.3. The Bertz CT molecular complexity index is 758. The first kappa shape index (κ1) is 19.5. The Labute approximate surface area is 162 Å². The van der Waals surface area contributed by atoms with E-state index in [0.717, 1.165) is 16.9 Å². The van der Waals surface area contributed by atoms with E-state index in [4.69, 9.17) is 4.74 Å². The highest BCUT2D eigenvalue weighted by molar-refractivity contribution is 5.27. The summed E-state index contributed by atoms with van der Waals surface area (Å²) in [5.74, 6) is 0.918. The molecule has 27 heavy (non-hydrogen) atoms. The van der Waals surface area contributed by atoms with E-state index in [2.05, 4.69) is 36.2 Å². The number of pyridine rings is 1. The predicted molar refractivity (Wildman–Crippen MR) is 108 cm³/mol. The first-order valence-electron chi connectivity index (χ1n) is 10.3. The molecule has 146 valence electrons. The SMILES string of the molecule is CCC1(CCc2ccc(OCCCN=c3ccccn3O)cc2)CCCC1. The van der Waals surface area contributed by atoms with E-state index in [0.29, 0.717) is 24.1 Å². The fraction of sp³-hybridized carbons (Fsp3) is 0.522. The molecule has 0 atom stereocenters. The largest absolute Gasteiger partial charge is 0.494 e. The summed E-state index contributed by atoms with van der Waals surface area (Å²) >= 11 is 0. The van der Waals surface area contributed by atoms with Crippen molar-refractivity contribution in [2.24, 2.45) is 10.4 Å². The van der Waals surface area contributed by atoms with Crippen molar-refractivity contribution < 1.29 is 9.94 Å². The van der Waals surface area contributed by atoms with Crippen LogP contribution in [0.15, 0.2) is 53.7 Å². The number of aryl methyl sites for hydroxylation is 1. The average molecular weight is 369 g/mol. The van der Waals surface area contributed by atoms with Crippen LogP contribution in [0.2, 0.25) is 0 Å². The molecule has 0 saturated heterocycles. The maximum atomic E-state index is 9.61. The maximum absolute atomic E-state index is 9.61. The summed E-state index contributed by atoms with van der Waals surface area (Å²) in [4.78, 5) is 4.36. The van der Waals surface area contributed by atoms with Crippen molar-refractivity contribution in [2.75, 3.05) is 13.2 Å². The van der Waals surface area contributed by atoms with E-state index in [1.807, 2.05) is 6.07 Å². The van der Waals surface area contributed by atoms with Crippen LogP contribution in [-0.4, -0.2) is 23.1 Å². The number of nitrogens with zero attached hydrogens (tertiary/aromatic N) is 2. The Balaban J connectivity index is 1.40. The molecule has 0 bridgehead atoms. The highest BCUT2D eigenvalue weighted by Crippen LogP contribution is 2.44. The van der Waals surface area contributed by atoms with Gasteiger partial charge in [-0.15, -0.1) is 0 Å². The molecule has 1 fully saturated rings. The molecule has 0 aliphatic heterocycles. The molecule has 3 rings (SSSR count). The number of aromatic nitrogens is 1. The van der Waals surface area contributed by atoms with Gasteiger partial charge in [0.25, 0.3) is 0 Å². The highest BCUT2D eigenvalue weighted by Gasteiger charge is 2.31. The minimum atomic E-state index is 0.564. The number of benzene rings is 1. The zero-order chi connectivity index (χ0) is 19.0. The van der Waals surface area contributed by atoms with Crippen molar-refractivity contribution in [2.45, 2.75) is 58.3 Å². The van der Waals surface area contributed by atoms with Crippen LogP contribution in [0.5, 0.6) is 5.75 Å². The van der Waals surface area contributed by atoms with Gasteiger partial charge in [0.05, 0.1) is 6.61 Å². The fourth-order valence-corrected chi connectivity index (χ4v) is 4.07. The molecule has 1 saturated carbocycles. The molecule has 1 N–H and O–H groups in total. The Morgan fingerprint density at radius 2 is 1.89 bits per heavy atom. The van der Waals surface area contributed by atoms with Crippen molar-refractivity contribution in [3.05, 3.63) is 59.7 Å². The molecule has 0 radical (unpaired) electrons. The third-order valence-electron chi connectivity index (χ3n) is 5.94. The van der Waals surface area contributed by atoms with Gasteiger partial charge in [-0.2, -0.15) is 4.73 Å². The van der Waals surface area contributed by atoms with Crippen LogP contribution in [0.25, 0.3) is 0 Å². The van der Waals surface area contributed by atoms with Crippen LogP contribution in [0.1, 0.15) is 57.4 Å². The van der Waals surface area contributed by atoms with Crippen LogP contribution in [0.3, 0.4) is 0 Å². The monoisotopic (exact) mass is 368 g/mol. The average Bonchev–Trinajstić information content (AvgIpc) is 3.18. The lowest BCUT2D eigenvalue weighted by atomic mass is 9.78. The van der Waals surface area contributed by atoms with Gasteiger partial charge in [-0.3, -0.25) is 4.99 Å². The molecular weight excluding hydrogens is 336 g/mol. The summed E-state index contributed by atoms with van der Waals surface area (Å²) in [5, 5.41) is 9.61. The predicted octanol–water partition coefficient (Wildman–Crippen LogP) is 5.00. The zero-order valence-corrected chi connectivity index (χ0v) is 16.4. The lowest BCUT2D eigenvalue weighted by molar-refractivity contribution is 0.171. The van der Waals surface area contributed by atoms with E-state index in [-0.39, 0.29) is 0 Å². The smallest absolute Gasteiger partial charge is 0.163 e. The molecule has 1 aromatic heterocycles. The molecule has 0 amide bonds. The summed E-state index contributed by atoms with van der Waals surface area (Å²) in [5.41, 5.74) is 2.58. The third kappa shape index (κ3) is 5.62. The van der Waals surface area contributed by atoms with E-state index >= 15 is 0 Å².